The summed E-state index contributed by atoms with van der Waals surface area (Å²) < 4.78 is 28.2. The molecular weight excluding hydrogens is 614 g/mol. The lowest BCUT2D eigenvalue weighted by molar-refractivity contribution is -0.140. The molecule has 3 rings (SSSR count). The molecule has 1 unspecified atom stereocenters. The third-order valence-corrected chi connectivity index (χ3v) is 10.5. The molecule has 3 atom stereocenters. The van der Waals surface area contributed by atoms with Crippen LogP contribution in [0.25, 0.3) is 0 Å². The number of nitrogens with one attached hydrogen (secondary N) is 3. The predicted octanol–water partition coefficient (Wildman–Crippen LogP) is 3.97. The molecule has 0 radical (unpaired) electrons. The Hall–Kier alpha value is -3.54. The van der Waals surface area contributed by atoms with E-state index < -0.39 is 50.4 Å². The molecule has 0 heterocycles. The van der Waals surface area contributed by atoms with Gasteiger partial charge in [0, 0.05) is 23.6 Å². The number of sulfonamides is 1. The van der Waals surface area contributed by atoms with Crippen LogP contribution in [-0.4, -0.2) is 63.3 Å². The second kappa shape index (κ2) is 14.3. The topological polar surface area (TPSA) is 151 Å². The molecule has 3 amide bonds. The van der Waals surface area contributed by atoms with Gasteiger partial charge in [0.1, 0.15) is 6.04 Å². The third kappa shape index (κ3) is 8.88. The van der Waals surface area contributed by atoms with E-state index in [-0.39, 0.29) is 28.2 Å². The zero-order valence-electron chi connectivity index (χ0n) is 29.5. The minimum Gasteiger partial charge on any atom is -0.342 e. The molecule has 0 saturated heterocycles. The summed E-state index contributed by atoms with van der Waals surface area (Å²) in [7, 11) is -0.790. The molecule has 0 aliphatic heterocycles. The van der Waals surface area contributed by atoms with E-state index in [0.29, 0.717) is 0 Å². The molecule has 2 aromatic carbocycles. The minimum absolute atomic E-state index is 0.0431. The van der Waals surface area contributed by atoms with Crippen LogP contribution in [0.1, 0.15) is 79.4 Å². The maximum absolute atomic E-state index is 14.1. The van der Waals surface area contributed by atoms with Gasteiger partial charge in [-0.3, -0.25) is 14.4 Å². The first kappa shape index (κ1) is 37.9. The number of benzene rings is 2. The van der Waals surface area contributed by atoms with Crippen molar-refractivity contribution in [1.29, 1.82) is 0 Å². The summed E-state index contributed by atoms with van der Waals surface area (Å²) in [4.78, 5) is 42.5. The first-order valence-electron chi connectivity index (χ1n) is 16.1. The van der Waals surface area contributed by atoms with E-state index in [0.717, 1.165) is 24.0 Å². The van der Waals surface area contributed by atoms with Crippen LogP contribution in [0.2, 0.25) is 0 Å². The van der Waals surface area contributed by atoms with Crippen molar-refractivity contribution in [3.63, 3.8) is 0 Å². The normalized spacial score (nSPS) is 17.0. The van der Waals surface area contributed by atoms with Gasteiger partial charge in [0.05, 0.1) is 17.0 Å². The van der Waals surface area contributed by atoms with Crippen molar-refractivity contribution in [3.8, 4) is 0 Å². The monoisotopic (exact) mass is 667 g/mol. The quantitative estimate of drug-likeness (QED) is 0.236. The number of amides is 3. The number of rotatable bonds is 13. The van der Waals surface area contributed by atoms with Gasteiger partial charge in [0.2, 0.25) is 11.8 Å². The molecule has 258 valence electrons. The van der Waals surface area contributed by atoms with Crippen LogP contribution >= 0.6 is 0 Å². The first-order chi connectivity index (χ1) is 21.7. The molecule has 0 bridgehead atoms. The molecule has 1 fully saturated rings. The fourth-order valence-electron chi connectivity index (χ4n) is 5.81. The number of nitrogens with two attached hydrogens (primary N) is 1. The van der Waals surface area contributed by atoms with Crippen molar-refractivity contribution in [1.82, 2.24) is 20.3 Å². The Kier molecular flexibility index (Phi) is 11.5. The standard InChI is InChI=1S/C36H53N5O5S/c1-23(2)28(22-24(3)31(42)40-47(45,46)27-18-16-26(17-19-27)36(37)20-21-36)41(10)33(44)30(34(4,5)6)39-32(43)29(38-9)35(7,8)25-14-12-11-13-15-25/h11-19,22-23,28-30,38H,20-21,37H2,1-10H3,(H,39,43)(H,40,42)/t28?,29-,30-/m1/s1. The van der Waals surface area contributed by atoms with Gasteiger partial charge in [0.25, 0.3) is 15.9 Å². The van der Waals surface area contributed by atoms with Gasteiger partial charge in [-0.1, -0.05) is 97.0 Å². The Morgan fingerprint density at radius 2 is 1.49 bits per heavy atom. The van der Waals surface area contributed by atoms with Crippen LogP contribution in [0, 0.1) is 11.3 Å². The average molecular weight is 668 g/mol. The summed E-state index contributed by atoms with van der Waals surface area (Å²) in [6.07, 6.45) is 3.29. The number of carbonyl (C=O) groups excluding carboxylic acids is 3. The Bertz CT molecular complexity index is 1570. The zero-order valence-corrected chi connectivity index (χ0v) is 30.3. The van der Waals surface area contributed by atoms with Crippen LogP contribution in [0.15, 0.2) is 71.1 Å². The fourth-order valence-corrected chi connectivity index (χ4v) is 6.83. The fraction of sp³-hybridized carbons (Fsp3) is 0.528. The Morgan fingerprint density at radius 3 is 1.96 bits per heavy atom. The lowest BCUT2D eigenvalue weighted by atomic mass is 9.76. The lowest BCUT2D eigenvalue weighted by Crippen LogP contribution is -2.61. The van der Waals surface area contributed by atoms with Crippen LogP contribution in [0.4, 0.5) is 0 Å². The molecule has 11 heteroatoms. The number of likely N-dealkylation sites (N-methyl/N-ethyl adjacent to an activating group) is 2. The van der Waals surface area contributed by atoms with Crippen molar-refractivity contribution in [2.24, 2.45) is 17.1 Å². The number of hydrogen-bond donors (Lipinski definition) is 4. The molecule has 10 nitrogen and oxygen atoms in total. The van der Waals surface area contributed by atoms with Gasteiger partial charge in [-0.15, -0.1) is 0 Å². The highest BCUT2D eigenvalue weighted by atomic mass is 32.2. The summed E-state index contributed by atoms with van der Waals surface area (Å²) in [5, 5.41) is 6.16. The number of nitrogens with zero attached hydrogens (tertiary/aromatic N) is 1. The summed E-state index contributed by atoms with van der Waals surface area (Å²) in [5.74, 6) is -1.58. The van der Waals surface area contributed by atoms with Crippen LogP contribution in [-0.2, 0) is 35.4 Å². The van der Waals surface area contributed by atoms with Crippen molar-refractivity contribution < 1.29 is 22.8 Å². The smallest absolute Gasteiger partial charge is 0.264 e. The van der Waals surface area contributed by atoms with Gasteiger partial charge in [-0.2, -0.15) is 0 Å². The van der Waals surface area contributed by atoms with Crippen molar-refractivity contribution in [2.45, 2.75) is 102 Å². The SMILES string of the molecule is CN[C@H](C(=O)N[C@H](C(=O)N(C)C(C=C(C)C(=O)NS(=O)(=O)c1ccc(C2(N)CC2)cc1)C(C)C)C(C)(C)C)C(C)(C)c1ccccc1. The van der Waals surface area contributed by atoms with E-state index in [1.54, 1.807) is 32.3 Å². The maximum Gasteiger partial charge on any atom is 0.264 e. The second-order valence-electron chi connectivity index (χ2n) is 14.8. The summed E-state index contributed by atoms with van der Waals surface area (Å²) in [6.45, 7) is 14.9. The number of hydrogen-bond acceptors (Lipinski definition) is 7. The van der Waals surface area contributed by atoms with Crippen LogP contribution in [0.5, 0.6) is 0 Å². The molecule has 2 aromatic rings. The van der Waals surface area contributed by atoms with Crippen LogP contribution < -0.4 is 21.1 Å². The van der Waals surface area contributed by atoms with Gasteiger partial charge in [-0.05, 0) is 61.4 Å². The molecule has 0 aromatic heterocycles. The summed E-state index contributed by atoms with van der Waals surface area (Å²) in [6, 6.07) is 13.9. The Labute approximate surface area is 281 Å². The van der Waals surface area contributed by atoms with E-state index in [1.807, 2.05) is 78.8 Å². The van der Waals surface area contributed by atoms with E-state index in [9.17, 15) is 22.8 Å². The first-order valence-corrected chi connectivity index (χ1v) is 17.6. The minimum atomic E-state index is -4.14. The van der Waals surface area contributed by atoms with E-state index in [1.165, 1.54) is 24.0 Å². The second-order valence-corrected chi connectivity index (χ2v) is 16.4. The molecule has 47 heavy (non-hydrogen) atoms. The third-order valence-electron chi connectivity index (χ3n) is 9.20. The Balaban J connectivity index is 1.80. The predicted molar refractivity (Wildman–Crippen MR) is 186 cm³/mol. The summed E-state index contributed by atoms with van der Waals surface area (Å²) >= 11 is 0. The zero-order chi connectivity index (χ0) is 35.5. The van der Waals surface area contributed by atoms with E-state index >= 15 is 0 Å². The highest BCUT2D eigenvalue weighted by Crippen LogP contribution is 2.42. The van der Waals surface area contributed by atoms with Gasteiger partial charge in [0.15, 0.2) is 0 Å². The van der Waals surface area contributed by atoms with E-state index in [2.05, 4.69) is 15.4 Å². The summed E-state index contributed by atoms with van der Waals surface area (Å²) in [5.41, 5.74) is 6.55. The highest BCUT2D eigenvalue weighted by Gasteiger charge is 2.42. The van der Waals surface area contributed by atoms with E-state index in [4.69, 9.17) is 5.73 Å². The van der Waals surface area contributed by atoms with Gasteiger partial charge in [-0.25, -0.2) is 13.1 Å². The largest absolute Gasteiger partial charge is 0.342 e. The van der Waals surface area contributed by atoms with Gasteiger partial charge < -0.3 is 21.3 Å². The maximum atomic E-state index is 14.1. The molecule has 0 spiro atoms. The molecule has 5 N–H and O–H groups in total. The number of carbonyl (C=O) groups is 3. The van der Waals surface area contributed by atoms with Gasteiger partial charge >= 0.3 is 0 Å². The van der Waals surface area contributed by atoms with Crippen molar-refractivity contribution >= 4 is 27.7 Å². The Morgan fingerprint density at radius 1 is 0.936 bits per heavy atom. The molecule has 1 saturated carbocycles. The van der Waals surface area contributed by atoms with Crippen LogP contribution in [0.3, 0.4) is 0 Å². The lowest BCUT2D eigenvalue weighted by Gasteiger charge is -2.40. The average Bonchev–Trinajstić information content (AvgIpc) is 3.75. The van der Waals surface area contributed by atoms with Crippen molar-refractivity contribution in [3.05, 3.63) is 77.4 Å². The molecular formula is C36H53N5O5S. The highest BCUT2D eigenvalue weighted by molar-refractivity contribution is 7.90. The van der Waals surface area contributed by atoms with Crippen molar-refractivity contribution in [2.75, 3.05) is 14.1 Å². The molecule has 1 aliphatic rings. The molecule has 1 aliphatic carbocycles.